The maximum atomic E-state index is 11.5. The van der Waals surface area contributed by atoms with Gasteiger partial charge < -0.3 is 0 Å². The fraction of sp³-hybridized carbons (Fsp3) is 0.111. The average Bonchev–Trinajstić information content (AvgIpc) is 2.78. The number of rotatable bonds is 3. The minimum absolute atomic E-state index is 0.149. The molecule has 1 aromatic carbocycles. The van der Waals surface area contributed by atoms with Crippen molar-refractivity contribution in [1.82, 2.24) is 20.2 Å². The second-order valence-corrected chi connectivity index (χ2v) is 3.37. The third-order valence-electron chi connectivity index (χ3n) is 1.84. The molecule has 6 heteroatoms. The summed E-state index contributed by atoms with van der Waals surface area (Å²) in [7, 11) is 0. The predicted octanol–water partition coefficient (Wildman–Crippen LogP) is 1.24. The van der Waals surface area contributed by atoms with Crippen LogP contribution in [0.1, 0.15) is 10.6 Å². The Morgan fingerprint density at radius 1 is 1.33 bits per heavy atom. The van der Waals surface area contributed by atoms with Gasteiger partial charge in [0.15, 0.2) is 0 Å². The van der Waals surface area contributed by atoms with Crippen LogP contribution in [0.15, 0.2) is 30.3 Å². The van der Waals surface area contributed by atoms with Crippen molar-refractivity contribution in [3.05, 3.63) is 36.2 Å². The summed E-state index contributed by atoms with van der Waals surface area (Å²) in [5, 5.41) is 11.2. The first kappa shape index (κ1) is 9.97. The molecule has 0 unspecified atom stereocenters. The number of aromatic nitrogens is 4. The van der Waals surface area contributed by atoms with Crippen LogP contribution in [-0.4, -0.2) is 31.3 Å². The van der Waals surface area contributed by atoms with Crippen LogP contribution in [0.5, 0.6) is 0 Å². The lowest BCUT2D eigenvalue weighted by atomic mass is 10.3. The zero-order valence-corrected chi connectivity index (χ0v) is 9.25. The molecule has 0 aliphatic carbocycles. The Morgan fingerprint density at radius 3 is 2.73 bits per heavy atom. The summed E-state index contributed by atoms with van der Waals surface area (Å²) in [4.78, 5) is 11.5. The third-order valence-corrected chi connectivity index (χ3v) is 2.35. The Labute approximate surface area is 94.2 Å². The molecule has 0 saturated carbocycles. The van der Waals surface area contributed by atoms with Crippen molar-refractivity contribution in [3.63, 3.8) is 0 Å². The van der Waals surface area contributed by atoms with Gasteiger partial charge in [0.1, 0.15) is 0 Å². The largest absolute Gasteiger partial charge is 0.290 e. The van der Waals surface area contributed by atoms with Gasteiger partial charge in [-0.1, -0.05) is 34.1 Å². The maximum Gasteiger partial charge on any atom is 0.223 e. The molecule has 0 saturated heterocycles. The van der Waals surface area contributed by atoms with Gasteiger partial charge in [0, 0.05) is 0 Å². The van der Waals surface area contributed by atoms with Crippen molar-refractivity contribution in [2.24, 2.45) is 0 Å². The predicted molar refractivity (Wildman–Crippen MR) is 57.3 cm³/mol. The topological polar surface area (TPSA) is 60.7 Å². The minimum atomic E-state index is -0.149. The van der Waals surface area contributed by atoms with Crippen molar-refractivity contribution < 1.29 is 4.79 Å². The lowest BCUT2D eigenvalue weighted by molar-refractivity contribution is 0.101. The van der Waals surface area contributed by atoms with Gasteiger partial charge in [-0.15, -0.1) is 5.10 Å². The number of tetrazole rings is 1. The smallest absolute Gasteiger partial charge is 0.223 e. The molecule has 2 rings (SSSR count). The molecule has 0 aliphatic heterocycles. The van der Waals surface area contributed by atoms with Gasteiger partial charge in [-0.05, 0) is 22.6 Å². The summed E-state index contributed by atoms with van der Waals surface area (Å²) in [6, 6.07) is 9.28. The molecule has 0 aliphatic rings. The number of halogens is 1. The van der Waals surface area contributed by atoms with E-state index in [0.29, 0.717) is 0 Å². The number of carbonyl (C=O) groups is 1. The summed E-state index contributed by atoms with van der Waals surface area (Å²) in [5.41, 5.74) is 0.770. The first-order valence-electron chi connectivity index (χ1n) is 4.26. The second-order valence-electron chi connectivity index (χ2n) is 2.81. The van der Waals surface area contributed by atoms with Crippen LogP contribution in [0, 0.1) is 0 Å². The Bertz CT molecular complexity index is 468. The molecule has 1 aromatic heterocycles. The number of alkyl halides is 1. The molecule has 5 nitrogen and oxygen atoms in total. The van der Waals surface area contributed by atoms with E-state index in [1.54, 1.807) is 0 Å². The van der Waals surface area contributed by atoms with E-state index in [1.165, 1.54) is 4.68 Å². The van der Waals surface area contributed by atoms with Crippen LogP contribution >= 0.6 is 15.9 Å². The highest BCUT2D eigenvalue weighted by molar-refractivity contribution is 9.09. The number of para-hydroxylation sites is 1. The summed E-state index contributed by atoms with van der Waals surface area (Å²) < 4.78 is 1.42. The van der Waals surface area contributed by atoms with E-state index in [-0.39, 0.29) is 16.9 Å². The van der Waals surface area contributed by atoms with E-state index in [4.69, 9.17) is 0 Å². The first-order valence-corrected chi connectivity index (χ1v) is 5.38. The van der Waals surface area contributed by atoms with Crippen LogP contribution in [0.3, 0.4) is 0 Å². The number of hydrogen-bond acceptors (Lipinski definition) is 4. The first-order chi connectivity index (χ1) is 7.33. The highest BCUT2D eigenvalue weighted by atomic mass is 79.9. The highest BCUT2D eigenvalue weighted by Crippen LogP contribution is 2.07. The van der Waals surface area contributed by atoms with E-state index >= 15 is 0 Å². The lowest BCUT2D eigenvalue weighted by Gasteiger charge is -2.01. The van der Waals surface area contributed by atoms with Crippen LogP contribution in [0.2, 0.25) is 0 Å². The van der Waals surface area contributed by atoms with Crippen molar-refractivity contribution in [2.75, 3.05) is 5.33 Å². The molecule has 0 radical (unpaired) electrons. The summed E-state index contributed by atoms with van der Waals surface area (Å²) in [5.74, 6) is 0.0851. The summed E-state index contributed by atoms with van der Waals surface area (Å²) >= 11 is 3.08. The normalized spacial score (nSPS) is 10.2. The molecule has 76 valence electrons. The number of nitrogens with zero attached hydrogens (tertiary/aromatic N) is 4. The van der Waals surface area contributed by atoms with Crippen molar-refractivity contribution in [2.45, 2.75) is 0 Å². The van der Waals surface area contributed by atoms with Gasteiger partial charge >= 0.3 is 0 Å². The lowest BCUT2D eigenvalue weighted by Crippen LogP contribution is -2.10. The number of hydrogen-bond donors (Lipinski definition) is 0. The van der Waals surface area contributed by atoms with Crippen molar-refractivity contribution in [3.8, 4) is 5.69 Å². The Morgan fingerprint density at radius 2 is 2.07 bits per heavy atom. The SMILES string of the molecule is O=C(CBr)c1nnnn1-c1ccccc1. The van der Waals surface area contributed by atoms with Gasteiger partial charge in [-0.2, -0.15) is 4.68 Å². The molecule has 2 aromatic rings. The molecule has 0 atom stereocenters. The van der Waals surface area contributed by atoms with Crippen LogP contribution in [0.4, 0.5) is 0 Å². The number of ketones is 1. The fourth-order valence-electron chi connectivity index (χ4n) is 1.16. The monoisotopic (exact) mass is 266 g/mol. The molecule has 0 N–H and O–H groups in total. The van der Waals surface area contributed by atoms with Crippen LogP contribution in [-0.2, 0) is 0 Å². The maximum absolute atomic E-state index is 11.5. The summed E-state index contributed by atoms with van der Waals surface area (Å²) in [6.07, 6.45) is 0. The van der Waals surface area contributed by atoms with E-state index in [0.717, 1.165) is 5.69 Å². The Balaban J connectivity index is 2.46. The van der Waals surface area contributed by atoms with Crippen LogP contribution < -0.4 is 0 Å². The Kier molecular flexibility index (Phi) is 2.86. The van der Waals surface area contributed by atoms with E-state index in [9.17, 15) is 4.79 Å². The van der Waals surface area contributed by atoms with Gasteiger partial charge in [-0.25, -0.2) is 0 Å². The minimum Gasteiger partial charge on any atom is -0.290 e. The molecule has 0 spiro atoms. The van der Waals surface area contributed by atoms with Crippen molar-refractivity contribution >= 4 is 21.7 Å². The standard InChI is InChI=1S/C9H7BrN4O/c10-6-8(15)9-11-12-13-14(9)7-4-2-1-3-5-7/h1-5H,6H2. The van der Waals surface area contributed by atoms with E-state index in [2.05, 4.69) is 31.5 Å². The second kappa shape index (κ2) is 4.31. The zero-order valence-electron chi connectivity index (χ0n) is 7.67. The molecule has 0 bridgehead atoms. The van der Waals surface area contributed by atoms with Gasteiger partial charge in [-0.3, -0.25) is 4.79 Å². The third kappa shape index (κ3) is 1.94. The zero-order chi connectivity index (χ0) is 10.7. The quantitative estimate of drug-likeness (QED) is 0.620. The number of carbonyl (C=O) groups excluding carboxylic acids is 1. The molecule has 15 heavy (non-hydrogen) atoms. The highest BCUT2D eigenvalue weighted by Gasteiger charge is 2.14. The average molecular weight is 267 g/mol. The molecule has 1 heterocycles. The molecule has 0 fully saturated rings. The Hall–Kier alpha value is -1.56. The van der Waals surface area contributed by atoms with Crippen LogP contribution in [0.25, 0.3) is 5.69 Å². The molecular weight excluding hydrogens is 260 g/mol. The molecular formula is C9H7BrN4O. The van der Waals surface area contributed by atoms with E-state index < -0.39 is 0 Å². The van der Waals surface area contributed by atoms with Crippen molar-refractivity contribution in [1.29, 1.82) is 0 Å². The van der Waals surface area contributed by atoms with E-state index in [1.807, 2.05) is 30.3 Å². The number of Topliss-reactive ketones (excluding diaryl/α,β-unsaturated/α-hetero) is 1. The van der Waals surface area contributed by atoms with Gasteiger partial charge in [0.2, 0.25) is 11.6 Å². The summed E-state index contributed by atoms with van der Waals surface area (Å²) in [6.45, 7) is 0. The van der Waals surface area contributed by atoms with Gasteiger partial charge in [0.05, 0.1) is 11.0 Å². The van der Waals surface area contributed by atoms with Gasteiger partial charge in [0.25, 0.3) is 0 Å². The fourth-order valence-corrected chi connectivity index (χ4v) is 1.41. The number of benzene rings is 1. The molecule has 0 amide bonds.